The first-order valence-electron chi connectivity index (χ1n) is 12.3. The molecular formula is C26H27N9O2S. The maximum Gasteiger partial charge on any atom is 0.260 e. The Kier molecular flexibility index (Phi) is 6.26. The van der Waals surface area contributed by atoms with Crippen LogP contribution < -0.4 is 16.0 Å². The number of nitrogens with one attached hydrogen (secondary N) is 3. The molecule has 0 saturated carbocycles. The molecule has 6 rings (SSSR count). The third-order valence-corrected chi connectivity index (χ3v) is 7.86. The number of pyridine rings is 1. The third-order valence-electron chi connectivity index (χ3n) is 6.70. The first kappa shape index (κ1) is 24.1. The van der Waals surface area contributed by atoms with Crippen LogP contribution in [0.5, 0.6) is 0 Å². The zero-order valence-corrected chi connectivity index (χ0v) is 21.8. The lowest BCUT2D eigenvalue weighted by Crippen LogP contribution is -2.42. The van der Waals surface area contributed by atoms with Crippen LogP contribution in [0.25, 0.3) is 15.3 Å². The number of fused-ring (bicyclic) bond motifs is 2. The van der Waals surface area contributed by atoms with Gasteiger partial charge < -0.3 is 16.0 Å². The van der Waals surface area contributed by atoms with Crippen molar-refractivity contribution in [2.45, 2.75) is 25.9 Å². The van der Waals surface area contributed by atoms with E-state index in [2.05, 4.69) is 36.0 Å². The number of carbonyl (C=O) groups is 2. The van der Waals surface area contributed by atoms with Crippen molar-refractivity contribution >= 4 is 28.0 Å². The molecular weight excluding hydrogens is 502 g/mol. The molecule has 0 aromatic carbocycles. The molecule has 4 aromatic heterocycles. The highest BCUT2D eigenvalue weighted by Crippen LogP contribution is 2.30. The largest absolute Gasteiger partial charge is 0.381 e. The fraction of sp³-hybridized carbons (Fsp3) is 0.269. The Morgan fingerprint density at radius 1 is 1.16 bits per heavy atom. The topological polar surface area (TPSA) is 121 Å². The Labute approximate surface area is 222 Å². The van der Waals surface area contributed by atoms with Gasteiger partial charge in [-0.15, -0.1) is 11.3 Å². The lowest BCUT2D eigenvalue weighted by molar-refractivity contribution is -0.121. The number of hydrogen-bond donors (Lipinski definition) is 3. The molecule has 2 aliphatic heterocycles. The van der Waals surface area contributed by atoms with E-state index in [1.54, 1.807) is 40.1 Å². The third kappa shape index (κ3) is 4.83. The molecule has 2 aliphatic rings. The van der Waals surface area contributed by atoms with Gasteiger partial charge in [-0.1, -0.05) is 0 Å². The zero-order valence-electron chi connectivity index (χ0n) is 21.0. The number of dihydropyridines is 1. The van der Waals surface area contributed by atoms with Crippen molar-refractivity contribution < 1.29 is 9.59 Å². The van der Waals surface area contributed by atoms with Crippen LogP contribution in [0.15, 0.2) is 66.9 Å². The lowest BCUT2D eigenvalue weighted by Gasteiger charge is -2.28. The molecule has 4 aromatic rings. The summed E-state index contributed by atoms with van der Waals surface area (Å²) in [5, 5.41) is 17.7. The van der Waals surface area contributed by atoms with E-state index in [0.717, 1.165) is 34.8 Å². The highest BCUT2D eigenvalue weighted by molar-refractivity contribution is 7.21. The smallest absolute Gasteiger partial charge is 0.260 e. The average molecular weight is 530 g/mol. The Balaban J connectivity index is 1.11. The van der Waals surface area contributed by atoms with Crippen molar-refractivity contribution in [3.8, 4) is 10.4 Å². The average Bonchev–Trinajstić information content (AvgIpc) is 3.61. The highest BCUT2D eigenvalue weighted by atomic mass is 32.1. The quantitative estimate of drug-likeness (QED) is 0.348. The lowest BCUT2D eigenvalue weighted by atomic mass is 10.0. The Bertz CT molecular complexity index is 1590. The molecule has 12 heteroatoms. The van der Waals surface area contributed by atoms with Crippen molar-refractivity contribution in [3.05, 3.63) is 83.6 Å². The number of thiazole rings is 1. The molecule has 0 radical (unpaired) electrons. The van der Waals surface area contributed by atoms with E-state index in [9.17, 15) is 9.59 Å². The minimum atomic E-state index is -0.256. The van der Waals surface area contributed by atoms with Crippen molar-refractivity contribution in [1.29, 1.82) is 0 Å². The van der Waals surface area contributed by atoms with Gasteiger partial charge in [-0.3, -0.25) is 24.2 Å². The summed E-state index contributed by atoms with van der Waals surface area (Å²) in [6, 6.07) is 1.88. The summed E-state index contributed by atoms with van der Waals surface area (Å²) < 4.78 is 3.45. The summed E-state index contributed by atoms with van der Waals surface area (Å²) in [5.74, 6) is -0.361. The maximum atomic E-state index is 13.2. The van der Waals surface area contributed by atoms with Gasteiger partial charge in [0.15, 0.2) is 0 Å². The molecule has 3 N–H and O–H groups in total. The predicted octanol–water partition coefficient (Wildman–Crippen LogP) is 1.81. The first-order chi connectivity index (χ1) is 18.4. The van der Waals surface area contributed by atoms with Crippen LogP contribution in [-0.2, 0) is 24.8 Å². The van der Waals surface area contributed by atoms with E-state index in [0.29, 0.717) is 17.0 Å². The van der Waals surface area contributed by atoms with Gasteiger partial charge in [0.25, 0.3) is 5.91 Å². The predicted molar refractivity (Wildman–Crippen MR) is 143 cm³/mol. The van der Waals surface area contributed by atoms with E-state index in [-0.39, 0.29) is 24.4 Å². The molecule has 0 fully saturated rings. The van der Waals surface area contributed by atoms with Crippen LogP contribution in [0, 0.1) is 0 Å². The second-order valence-corrected chi connectivity index (χ2v) is 10.5. The van der Waals surface area contributed by atoms with Crippen LogP contribution in [0.4, 0.5) is 0 Å². The van der Waals surface area contributed by atoms with Crippen LogP contribution in [0.2, 0.25) is 0 Å². The van der Waals surface area contributed by atoms with Gasteiger partial charge in [0.05, 0.1) is 41.1 Å². The number of amides is 2. The summed E-state index contributed by atoms with van der Waals surface area (Å²) in [4.78, 5) is 34.0. The van der Waals surface area contributed by atoms with Gasteiger partial charge in [-0.25, -0.2) is 4.52 Å². The number of aryl methyl sites for hydroxylation is 1. The SMILES string of the molecule is CC1NC=C(NC(=O)CN2CCc3cnccc3C2)C=C1NC(=O)c1cnn2cc(-c3cnn(C)c3)sc12. The van der Waals surface area contributed by atoms with E-state index in [1.165, 1.54) is 22.5 Å². The van der Waals surface area contributed by atoms with Gasteiger partial charge >= 0.3 is 0 Å². The van der Waals surface area contributed by atoms with Crippen LogP contribution >= 0.6 is 11.3 Å². The standard InChI is InChI=1S/C26H27N9O2S/c1-16-22(32-25(37)21-11-30-35-14-23(38-26(21)35)19-9-29-33(2)12-19)7-20(10-28-16)31-24(36)15-34-6-4-17-8-27-5-3-18(17)13-34/h3,5,7-12,14,16,28H,4,6,13,15H2,1-2H3,(H,31,36)(H,32,37). The van der Waals surface area contributed by atoms with E-state index >= 15 is 0 Å². The number of carbonyl (C=O) groups excluding carboxylic acids is 2. The molecule has 11 nitrogen and oxygen atoms in total. The maximum absolute atomic E-state index is 13.2. The van der Waals surface area contributed by atoms with Crippen LogP contribution in [-0.4, -0.2) is 60.2 Å². The van der Waals surface area contributed by atoms with Gasteiger partial charge in [-0.2, -0.15) is 10.2 Å². The summed E-state index contributed by atoms with van der Waals surface area (Å²) >= 11 is 1.48. The second kappa shape index (κ2) is 9.88. The number of allylic oxidation sites excluding steroid dienone is 1. The summed E-state index contributed by atoms with van der Waals surface area (Å²) in [6.07, 6.45) is 15.3. The van der Waals surface area contributed by atoms with Gasteiger partial charge in [0.2, 0.25) is 5.91 Å². The first-order valence-corrected chi connectivity index (χ1v) is 13.1. The molecule has 2 amide bonds. The Morgan fingerprint density at radius 2 is 2.05 bits per heavy atom. The summed E-state index contributed by atoms with van der Waals surface area (Å²) in [5.41, 5.74) is 5.17. The molecule has 0 saturated heterocycles. The van der Waals surface area contributed by atoms with Gasteiger partial charge in [-0.05, 0) is 36.6 Å². The van der Waals surface area contributed by atoms with Crippen LogP contribution in [0.3, 0.4) is 0 Å². The normalized spacial score (nSPS) is 17.4. The molecule has 0 spiro atoms. The van der Waals surface area contributed by atoms with E-state index < -0.39 is 0 Å². The molecule has 194 valence electrons. The Morgan fingerprint density at radius 3 is 2.89 bits per heavy atom. The molecule has 0 bridgehead atoms. The molecule has 6 heterocycles. The van der Waals surface area contributed by atoms with Crippen LogP contribution in [0.1, 0.15) is 28.4 Å². The fourth-order valence-corrected chi connectivity index (χ4v) is 5.68. The monoisotopic (exact) mass is 529 g/mol. The van der Waals surface area contributed by atoms with Crippen molar-refractivity contribution in [3.63, 3.8) is 0 Å². The number of hydrogen-bond acceptors (Lipinski definition) is 8. The minimum Gasteiger partial charge on any atom is -0.381 e. The number of nitrogens with zero attached hydrogens (tertiary/aromatic N) is 6. The van der Waals surface area contributed by atoms with E-state index in [1.807, 2.05) is 38.6 Å². The fourth-order valence-electron chi connectivity index (χ4n) is 4.65. The van der Waals surface area contributed by atoms with E-state index in [4.69, 9.17) is 0 Å². The van der Waals surface area contributed by atoms with Crippen molar-refractivity contribution in [1.82, 2.24) is 45.2 Å². The molecule has 0 aliphatic carbocycles. The summed E-state index contributed by atoms with van der Waals surface area (Å²) in [6.45, 7) is 3.77. The Hall–Kier alpha value is -4.29. The number of aromatic nitrogens is 5. The van der Waals surface area contributed by atoms with Gasteiger partial charge in [0, 0.05) is 62.4 Å². The van der Waals surface area contributed by atoms with Crippen molar-refractivity contribution in [2.75, 3.05) is 13.1 Å². The highest BCUT2D eigenvalue weighted by Gasteiger charge is 2.22. The van der Waals surface area contributed by atoms with Gasteiger partial charge in [0.1, 0.15) is 4.83 Å². The zero-order chi connectivity index (χ0) is 26.2. The molecule has 1 unspecified atom stereocenters. The second-order valence-electron chi connectivity index (χ2n) is 9.50. The molecule has 38 heavy (non-hydrogen) atoms. The number of rotatable bonds is 6. The van der Waals surface area contributed by atoms with Crippen molar-refractivity contribution in [2.24, 2.45) is 7.05 Å². The summed E-state index contributed by atoms with van der Waals surface area (Å²) in [7, 11) is 1.87. The molecule has 1 atom stereocenters. The minimum absolute atomic E-state index is 0.105.